The topological polar surface area (TPSA) is 40.6 Å². The van der Waals surface area contributed by atoms with Crippen molar-refractivity contribution < 1.29 is 9.59 Å². The lowest BCUT2D eigenvalue weighted by Crippen LogP contribution is -2.59. The van der Waals surface area contributed by atoms with Gasteiger partial charge in [-0.25, -0.2) is 4.79 Å². The molecule has 0 unspecified atom stereocenters. The second kappa shape index (κ2) is 6.65. The molecule has 118 valence electrons. The Hall–Kier alpha value is -2.62. The van der Waals surface area contributed by atoms with Crippen LogP contribution in [0.25, 0.3) is 0 Å². The van der Waals surface area contributed by atoms with Crippen LogP contribution in [-0.2, 0) is 17.8 Å². The predicted octanol–water partition coefficient (Wildman–Crippen LogP) is 3.08. The largest absolute Gasteiger partial charge is 0.327 e. The Morgan fingerprint density at radius 1 is 1.04 bits per heavy atom. The Labute approximate surface area is 136 Å². The van der Waals surface area contributed by atoms with Crippen LogP contribution in [0.1, 0.15) is 17.5 Å². The van der Waals surface area contributed by atoms with E-state index in [-0.39, 0.29) is 18.0 Å². The first-order chi connectivity index (χ1) is 11.1. The van der Waals surface area contributed by atoms with Crippen LogP contribution in [0.2, 0.25) is 0 Å². The van der Waals surface area contributed by atoms with Gasteiger partial charge in [0.25, 0.3) is 0 Å². The molecule has 1 heterocycles. The SMILES string of the molecule is CN(Cc1ccccc1)C(=O)N1C(=O)C[C@H]1Cc1ccccc1. The molecule has 4 heteroatoms. The average Bonchev–Trinajstić information content (AvgIpc) is 2.56. The summed E-state index contributed by atoms with van der Waals surface area (Å²) < 4.78 is 0. The Morgan fingerprint density at radius 3 is 2.17 bits per heavy atom. The van der Waals surface area contributed by atoms with Gasteiger partial charge in [0.1, 0.15) is 0 Å². The van der Waals surface area contributed by atoms with E-state index in [1.165, 1.54) is 4.90 Å². The summed E-state index contributed by atoms with van der Waals surface area (Å²) in [6.07, 6.45) is 1.16. The third-order valence-electron chi connectivity index (χ3n) is 4.15. The number of nitrogens with zero attached hydrogens (tertiary/aromatic N) is 2. The molecule has 4 nitrogen and oxygen atoms in total. The van der Waals surface area contributed by atoms with Crippen LogP contribution in [0.4, 0.5) is 4.79 Å². The smallest absolute Gasteiger partial charge is 0.323 e. The number of hydrogen-bond donors (Lipinski definition) is 0. The third kappa shape index (κ3) is 3.42. The molecule has 3 rings (SSSR count). The average molecular weight is 308 g/mol. The molecule has 0 aliphatic carbocycles. The molecule has 0 spiro atoms. The van der Waals surface area contributed by atoms with Crippen molar-refractivity contribution in [2.24, 2.45) is 0 Å². The Bertz CT molecular complexity index is 685. The van der Waals surface area contributed by atoms with E-state index in [9.17, 15) is 9.59 Å². The minimum atomic E-state index is -0.217. The first-order valence-electron chi connectivity index (χ1n) is 7.80. The highest BCUT2D eigenvalue weighted by Gasteiger charge is 2.41. The molecule has 1 aliphatic heterocycles. The summed E-state index contributed by atoms with van der Waals surface area (Å²) in [5, 5.41) is 0. The summed E-state index contributed by atoms with van der Waals surface area (Å²) in [5.41, 5.74) is 2.20. The molecule has 1 atom stereocenters. The number of rotatable bonds is 4. The zero-order valence-electron chi connectivity index (χ0n) is 13.2. The van der Waals surface area contributed by atoms with E-state index in [1.54, 1.807) is 11.9 Å². The van der Waals surface area contributed by atoms with Gasteiger partial charge in [0.15, 0.2) is 0 Å². The van der Waals surface area contributed by atoms with Gasteiger partial charge in [-0.3, -0.25) is 9.69 Å². The van der Waals surface area contributed by atoms with Gasteiger partial charge in [0.2, 0.25) is 5.91 Å². The minimum Gasteiger partial charge on any atom is -0.323 e. The van der Waals surface area contributed by atoms with E-state index in [4.69, 9.17) is 0 Å². The van der Waals surface area contributed by atoms with E-state index in [0.717, 1.165) is 17.5 Å². The van der Waals surface area contributed by atoms with Gasteiger partial charge in [-0.15, -0.1) is 0 Å². The van der Waals surface area contributed by atoms with Gasteiger partial charge >= 0.3 is 6.03 Å². The van der Waals surface area contributed by atoms with E-state index in [2.05, 4.69) is 0 Å². The van der Waals surface area contributed by atoms with Crippen molar-refractivity contribution in [1.29, 1.82) is 0 Å². The lowest BCUT2D eigenvalue weighted by molar-refractivity contribution is -0.141. The molecule has 23 heavy (non-hydrogen) atoms. The van der Waals surface area contributed by atoms with Crippen LogP contribution in [0.5, 0.6) is 0 Å². The number of likely N-dealkylation sites (tertiary alicyclic amines) is 1. The first kappa shape index (κ1) is 15.3. The molecule has 0 saturated carbocycles. The number of benzene rings is 2. The van der Waals surface area contributed by atoms with Crippen molar-refractivity contribution in [3.63, 3.8) is 0 Å². The number of urea groups is 1. The highest BCUT2D eigenvalue weighted by atomic mass is 16.2. The number of imide groups is 1. The molecule has 1 aliphatic rings. The zero-order valence-corrected chi connectivity index (χ0v) is 13.2. The van der Waals surface area contributed by atoms with E-state index < -0.39 is 0 Å². The molecule has 1 fully saturated rings. The highest BCUT2D eigenvalue weighted by Crippen LogP contribution is 2.25. The van der Waals surface area contributed by atoms with Crippen LogP contribution in [0.15, 0.2) is 60.7 Å². The second-order valence-corrected chi connectivity index (χ2v) is 5.94. The fourth-order valence-corrected chi connectivity index (χ4v) is 2.90. The quantitative estimate of drug-likeness (QED) is 0.814. The fourth-order valence-electron chi connectivity index (χ4n) is 2.90. The van der Waals surface area contributed by atoms with Crippen LogP contribution in [0.3, 0.4) is 0 Å². The summed E-state index contributed by atoms with van der Waals surface area (Å²) in [6, 6.07) is 19.5. The second-order valence-electron chi connectivity index (χ2n) is 5.94. The molecule has 0 aromatic heterocycles. The standard InChI is InChI=1S/C19H20N2O2/c1-20(14-16-10-6-3-7-11-16)19(23)21-17(13-18(21)22)12-15-8-4-2-5-9-15/h2-11,17H,12-14H2,1H3/t17-/m1/s1. The zero-order chi connectivity index (χ0) is 16.2. The Morgan fingerprint density at radius 2 is 1.61 bits per heavy atom. The molecule has 2 aromatic rings. The van der Waals surface area contributed by atoms with Gasteiger partial charge in [-0.1, -0.05) is 60.7 Å². The van der Waals surface area contributed by atoms with Crippen molar-refractivity contribution in [2.75, 3.05) is 7.05 Å². The molecule has 0 bridgehead atoms. The number of carbonyl (C=O) groups excluding carboxylic acids is 2. The maximum atomic E-state index is 12.6. The predicted molar refractivity (Wildman–Crippen MR) is 88.7 cm³/mol. The fraction of sp³-hybridized carbons (Fsp3) is 0.263. The molecular weight excluding hydrogens is 288 g/mol. The molecule has 1 saturated heterocycles. The van der Waals surface area contributed by atoms with Crippen LogP contribution in [0, 0.1) is 0 Å². The van der Waals surface area contributed by atoms with Crippen LogP contribution < -0.4 is 0 Å². The summed E-state index contributed by atoms with van der Waals surface area (Å²) in [7, 11) is 1.74. The maximum Gasteiger partial charge on any atom is 0.327 e. The van der Waals surface area contributed by atoms with E-state index in [1.807, 2.05) is 60.7 Å². The van der Waals surface area contributed by atoms with E-state index >= 15 is 0 Å². The van der Waals surface area contributed by atoms with Crippen molar-refractivity contribution in [3.8, 4) is 0 Å². The van der Waals surface area contributed by atoms with Crippen molar-refractivity contribution >= 4 is 11.9 Å². The minimum absolute atomic E-state index is 0.0318. The highest BCUT2D eigenvalue weighted by molar-refractivity contribution is 5.99. The maximum absolute atomic E-state index is 12.6. The monoisotopic (exact) mass is 308 g/mol. The summed E-state index contributed by atoms with van der Waals surface area (Å²) in [4.78, 5) is 27.5. The van der Waals surface area contributed by atoms with Crippen LogP contribution in [-0.4, -0.2) is 34.8 Å². The van der Waals surface area contributed by atoms with Gasteiger partial charge < -0.3 is 4.90 Å². The number of hydrogen-bond acceptors (Lipinski definition) is 2. The van der Waals surface area contributed by atoms with Gasteiger partial charge in [0.05, 0.1) is 6.04 Å². The Balaban J connectivity index is 1.64. The first-order valence-corrected chi connectivity index (χ1v) is 7.80. The summed E-state index contributed by atoms with van der Waals surface area (Å²) in [5.74, 6) is -0.0872. The third-order valence-corrected chi connectivity index (χ3v) is 4.15. The lowest BCUT2D eigenvalue weighted by atomic mass is 9.95. The normalized spacial score (nSPS) is 16.8. The summed E-state index contributed by atoms with van der Waals surface area (Å²) >= 11 is 0. The van der Waals surface area contributed by atoms with Crippen molar-refractivity contribution in [1.82, 2.24) is 9.80 Å². The number of β-lactam (4-membered cyclic amide) rings is 1. The molecule has 3 amide bonds. The molecule has 2 aromatic carbocycles. The van der Waals surface area contributed by atoms with Gasteiger partial charge in [0, 0.05) is 20.0 Å². The van der Waals surface area contributed by atoms with Crippen LogP contribution >= 0.6 is 0 Å². The molecular formula is C19H20N2O2. The summed E-state index contributed by atoms with van der Waals surface area (Å²) in [6.45, 7) is 0.501. The number of carbonyl (C=O) groups is 2. The number of amides is 3. The molecule has 0 N–H and O–H groups in total. The Kier molecular flexibility index (Phi) is 4.42. The van der Waals surface area contributed by atoms with Crippen molar-refractivity contribution in [3.05, 3.63) is 71.8 Å². The van der Waals surface area contributed by atoms with Gasteiger partial charge in [-0.2, -0.15) is 0 Å². The van der Waals surface area contributed by atoms with Gasteiger partial charge in [-0.05, 0) is 17.5 Å². The van der Waals surface area contributed by atoms with Crippen molar-refractivity contribution in [2.45, 2.75) is 25.4 Å². The lowest BCUT2D eigenvalue weighted by Gasteiger charge is -2.40. The molecule has 0 radical (unpaired) electrons. The van der Waals surface area contributed by atoms with E-state index in [0.29, 0.717) is 13.0 Å².